The molecule has 0 atom stereocenters. The number of aryl methyl sites for hydroxylation is 1. The number of likely N-dealkylation sites (N-methyl/N-ethyl adjacent to an activating group) is 1. The number of urea groups is 1. The minimum Gasteiger partial charge on any atom is -0.447 e. The minimum absolute atomic E-state index is 0.0462. The quantitative estimate of drug-likeness (QED) is 0.757. The van der Waals surface area contributed by atoms with Crippen LogP contribution in [0.4, 0.5) is 24.2 Å². The molecule has 0 unspecified atom stereocenters. The van der Waals surface area contributed by atoms with E-state index in [1.165, 1.54) is 37.1 Å². The fraction of sp³-hybridized carbons (Fsp3) is 0.278. The van der Waals surface area contributed by atoms with Crippen LogP contribution in [0.15, 0.2) is 30.5 Å². The zero-order valence-corrected chi connectivity index (χ0v) is 16.0. The van der Waals surface area contributed by atoms with Gasteiger partial charge in [-0.15, -0.1) is 0 Å². The number of rotatable bonds is 6. The van der Waals surface area contributed by atoms with E-state index in [9.17, 15) is 18.4 Å². The molecule has 1 aromatic carbocycles. The van der Waals surface area contributed by atoms with Gasteiger partial charge in [0.2, 0.25) is 0 Å². The number of benzene rings is 1. The smallest absolute Gasteiger partial charge is 0.412 e. The van der Waals surface area contributed by atoms with Crippen LogP contribution in [0, 0.1) is 18.6 Å². The third-order valence-corrected chi connectivity index (χ3v) is 4.17. The number of ether oxygens (including phenoxy) is 1. The number of hydrogen-bond donors (Lipinski definition) is 2. The lowest BCUT2D eigenvalue weighted by Gasteiger charge is -2.18. The van der Waals surface area contributed by atoms with Crippen molar-refractivity contribution in [1.82, 2.24) is 15.2 Å². The molecule has 0 spiro atoms. The van der Waals surface area contributed by atoms with Crippen molar-refractivity contribution in [3.8, 4) is 0 Å². The van der Waals surface area contributed by atoms with Crippen molar-refractivity contribution < 1.29 is 23.1 Å². The van der Waals surface area contributed by atoms with Crippen LogP contribution in [-0.4, -0.2) is 42.2 Å². The van der Waals surface area contributed by atoms with Crippen molar-refractivity contribution in [2.45, 2.75) is 13.5 Å². The monoisotopic (exact) mass is 412 g/mol. The third-order valence-electron chi connectivity index (χ3n) is 3.75. The fourth-order valence-corrected chi connectivity index (χ4v) is 2.31. The van der Waals surface area contributed by atoms with E-state index in [4.69, 9.17) is 16.3 Å². The molecule has 2 aromatic rings. The second-order valence-corrected chi connectivity index (χ2v) is 6.25. The molecule has 10 heteroatoms. The van der Waals surface area contributed by atoms with E-state index < -0.39 is 23.8 Å². The number of anilines is 1. The molecule has 1 heterocycles. The zero-order valence-electron chi connectivity index (χ0n) is 15.3. The molecule has 0 aliphatic rings. The predicted molar refractivity (Wildman–Crippen MR) is 100 cm³/mol. The Kier molecular flexibility index (Phi) is 7.51. The van der Waals surface area contributed by atoms with Gasteiger partial charge in [0.1, 0.15) is 24.1 Å². The van der Waals surface area contributed by atoms with Crippen molar-refractivity contribution >= 4 is 29.5 Å². The number of pyridine rings is 1. The SMILES string of the molecule is Cc1cc(NC(=O)OCCN(C)C(=O)NCc2cccc(F)c2Cl)ncc1F. The number of aromatic nitrogens is 1. The van der Waals surface area contributed by atoms with Crippen LogP contribution in [-0.2, 0) is 11.3 Å². The fourth-order valence-electron chi connectivity index (χ4n) is 2.12. The van der Waals surface area contributed by atoms with Gasteiger partial charge in [0.25, 0.3) is 0 Å². The number of amides is 3. The highest BCUT2D eigenvalue weighted by atomic mass is 35.5. The molecule has 2 N–H and O–H groups in total. The highest BCUT2D eigenvalue weighted by Gasteiger charge is 2.12. The van der Waals surface area contributed by atoms with E-state index in [1.54, 1.807) is 6.07 Å². The summed E-state index contributed by atoms with van der Waals surface area (Å²) in [6.07, 6.45) is 0.215. The molecule has 0 radical (unpaired) electrons. The lowest BCUT2D eigenvalue weighted by Crippen LogP contribution is -2.39. The number of nitrogens with one attached hydrogen (secondary N) is 2. The Morgan fingerprint density at radius 2 is 2.04 bits per heavy atom. The van der Waals surface area contributed by atoms with Gasteiger partial charge >= 0.3 is 12.1 Å². The van der Waals surface area contributed by atoms with Gasteiger partial charge in [-0.05, 0) is 30.2 Å². The largest absolute Gasteiger partial charge is 0.447 e. The summed E-state index contributed by atoms with van der Waals surface area (Å²) < 4.78 is 31.5. The number of halogens is 3. The molecule has 2 rings (SSSR count). The maximum atomic E-state index is 13.4. The lowest BCUT2D eigenvalue weighted by atomic mass is 10.2. The van der Waals surface area contributed by atoms with Gasteiger partial charge in [-0.2, -0.15) is 0 Å². The normalized spacial score (nSPS) is 10.3. The summed E-state index contributed by atoms with van der Waals surface area (Å²) in [6.45, 7) is 1.64. The molecule has 0 saturated heterocycles. The second-order valence-electron chi connectivity index (χ2n) is 5.87. The average Bonchev–Trinajstić information content (AvgIpc) is 2.65. The van der Waals surface area contributed by atoms with Gasteiger partial charge in [-0.1, -0.05) is 23.7 Å². The van der Waals surface area contributed by atoms with Gasteiger partial charge in [0.15, 0.2) is 0 Å². The summed E-state index contributed by atoms with van der Waals surface area (Å²) in [4.78, 5) is 28.7. The molecule has 7 nitrogen and oxygen atoms in total. The first kappa shape index (κ1) is 21.4. The standard InChI is InChI=1S/C18H19ClF2N4O3/c1-11-8-15(22-10-14(11)21)24-18(27)28-7-6-25(2)17(26)23-9-12-4-3-5-13(20)16(12)19/h3-5,8,10H,6-7,9H2,1-2H3,(H,23,26)(H,22,24,27). The summed E-state index contributed by atoms with van der Waals surface area (Å²) in [5.74, 6) is -0.889. The van der Waals surface area contributed by atoms with Crippen molar-refractivity contribution in [3.05, 3.63) is 58.2 Å². The molecule has 0 bridgehead atoms. The number of carbonyl (C=O) groups is 2. The second kappa shape index (κ2) is 9.84. The van der Waals surface area contributed by atoms with E-state index in [0.29, 0.717) is 11.1 Å². The van der Waals surface area contributed by atoms with E-state index in [2.05, 4.69) is 15.6 Å². The van der Waals surface area contributed by atoms with Gasteiger partial charge in [0.05, 0.1) is 17.8 Å². The molecular weight excluding hydrogens is 394 g/mol. The minimum atomic E-state index is -0.779. The Morgan fingerprint density at radius 3 is 2.75 bits per heavy atom. The Morgan fingerprint density at radius 1 is 1.29 bits per heavy atom. The Bertz CT molecular complexity index is 867. The van der Waals surface area contributed by atoms with E-state index in [-0.39, 0.29) is 30.5 Å². The number of hydrogen-bond acceptors (Lipinski definition) is 4. The van der Waals surface area contributed by atoms with Crippen LogP contribution < -0.4 is 10.6 Å². The topological polar surface area (TPSA) is 83.6 Å². The van der Waals surface area contributed by atoms with Crippen molar-refractivity contribution in [1.29, 1.82) is 0 Å². The van der Waals surface area contributed by atoms with E-state index >= 15 is 0 Å². The lowest BCUT2D eigenvalue weighted by molar-refractivity contribution is 0.146. The van der Waals surface area contributed by atoms with Crippen LogP contribution in [0.2, 0.25) is 5.02 Å². The van der Waals surface area contributed by atoms with E-state index in [1.807, 2.05) is 0 Å². The third kappa shape index (κ3) is 6.05. The zero-order chi connectivity index (χ0) is 20.7. The summed E-state index contributed by atoms with van der Waals surface area (Å²) in [7, 11) is 1.51. The Hall–Kier alpha value is -2.94. The molecule has 0 fully saturated rings. The molecular formula is C18H19ClF2N4O3. The van der Waals surface area contributed by atoms with Crippen LogP contribution in [0.3, 0.4) is 0 Å². The molecule has 28 heavy (non-hydrogen) atoms. The van der Waals surface area contributed by atoms with Gasteiger partial charge in [-0.25, -0.2) is 23.4 Å². The summed E-state index contributed by atoms with van der Waals surface area (Å²) in [5, 5.41) is 4.91. The summed E-state index contributed by atoms with van der Waals surface area (Å²) in [6, 6.07) is 5.25. The number of carbonyl (C=O) groups excluding carboxylic acids is 2. The van der Waals surface area contributed by atoms with Gasteiger partial charge < -0.3 is 15.0 Å². The first-order valence-electron chi connectivity index (χ1n) is 8.25. The van der Waals surface area contributed by atoms with E-state index in [0.717, 1.165) is 6.20 Å². The van der Waals surface area contributed by atoms with Crippen LogP contribution in [0.1, 0.15) is 11.1 Å². The average molecular weight is 413 g/mol. The molecule has 3 amide bonds. The van der Waals surface area contributed by atoms with Crippen molar-refractivity contribution in [3.63, 3.8) is 0 Å². The maximum Gasteiger partial charge on any atom is 0.412 e. The molecule has 0 saturated carbocycles. The Balaban J connectivity index is 1.72. The molecule has 0 aliphatic heterocycles. The van der Waals surface area contributed by atoms with Crippen LogP contribution in [0.25, 0.3) is 0 Å². The van der Waals surface area contributed by atoms with Crippen LogP contribution >= 0.6 is 11.6 Å². The first-order chi connectivity index (χ1) is 13.3. The summed E-state index contributed by atoms with van der Waals surface area (Å²) >= 11 is 5.83. The Labute approximate surface area is 165 Å². The highest BCUT2D eigenvalue weighted by molar-refractivity contribution is 6.31. The molecule has 1 aromatic heterocycles. The summed E-state index contributed by atoms with van der Waals surface area (Å²) in [5.41, 5.74) is 0.779. The first-order valence-corrected chi connectivity index (χ1v) is 8.63. The van der Waals surface area contributed by atoms with Crippen LogP contribution in [0.5, 0.6) is 0 Å². The molecule has 0 aliphatic carbocycles. The maximum absolute atomic E-state index is 13.4. The van der Waals surface area contributed by atoms with Gasteiger partial charge in [-0.3, -0.25) is 5.32 Å². The predicted octanol–water partition coefficient (Wildman–Crippen LogP) is 3.71. The highest BCUT2D eigenvalue weighted by Crippen LogP contribution is 2.19. The van der Waals surface area contributed by atoms with Crippen molar-refractivity contribution in [2.75, 3.05) is 25.5 Å². The number of nitrogens with zero attached hydrogens (tertiary/aromatic N) is 2. The van der Waals surface area contributed by atoms with Gasteiger partial charge in [0, 0.05) is 13.6 Å². The van der Waals surface area contributed by atoms with Crippen molar-refractivity contribution in [2.24, 2.45) is 0 Å². The molecule has 150 valence electrons.